The van der Waals surface area contributed by atoms with E-state index in [2.05, 4.69) is 10.3 Å². The highest BCUT2D eigenvalue weighted by atomic mass is 32.1. The smallest absolute Gasteiger partial charge is 0.266 e. The number of amides is 1. The number of carbonyl (C=O) groups is 2. The number of aryl methyl sites for hydroxylation is 1. The fraction of sp³-hybridized carbons (Fsp3) is 0.190. The van der Waals surface area contributed by atoms with Gasteiger partial charge in [0.05, 0.1) is 10.6 Å². The van der Waals surface area contributed by atoms with Crippen LogP contribution in [0.5, 0.6) is 5.75 Å². The number of anilines is 1. The van der Waals surface area contributed by atoms with E-state index in [0.29, 0.717) is 21.5 Å². The minimum absolute atomic E-state index is 0.0872. The van der Waals surface area contributed by atoms with Gasteiger partial charge in [-0.05, 0) is 26.0 Å². The third-order valence-electron chi connectivity index (χ3n) is 3.93. The van der Waals surface area contributed by atoms with E-state index in [4.69, 9.17) is 4.74 Å². The van der Waals surface area contributed by atoms with Crippen molar-refractivity contribution in [1.82, 2.24) is 4.98 Å². The topological polar surface area (TPSA) is 68.3 Å². The number of nitrogens with zero attached hydrogens (tertiary/aromatic N) is 1. The quantitative estimate of drug-likeness (QED) is 0.628. The molecule has 1 atom stereocenters. The van der Waals surface area contributed by atoms with Crippen LogP contribution in [-0.2, 0) is 4.79 Å². The lowest BCUT2D eigenvalue weighted by molar-refractivity contribution is -0.122. The Hall–Kier alpha value is -2.99. The van der Waals surface area contributed by atoms with Crippen LogP contribution in [0.3, 0.4) is 0 Å². The molecule has 2 aromatic carbocycles. The van der Waals surface area contributed by atoms with Gasteiger partial charge in [-0.25, -0.2) is 4.98 Å². The molecule has 0 bridgehead atoms. The molecule has 0 fully saturated rings. The molecule has 3 rings (SSSR count). The van der Waals surface area contributed by atoms with Crippen LogP contribution in [0, 0.1) is 6.92 Å². The molecule has 0 saturated carbocycles. The highest BCUT2D eigenvalue weighted by molar-refractivity contribution is 7.18. The third kappa shape index (κ3) is 4.60. The molecule has 1 heterocycles. The van der Waals surface area contributed by atoms with Crippen molar-refractivity contribution in [3.63, 3.8) is 0 Å². The summed E-state index contributed by atoms with van der Waals surface area (Å²) in [4.78, 5) is 29.4. The molecule has 5 nitrogen and oxygen atoms in total. The van der Waals surface area contributed by atoms with E-state index in [1.165, 1.54) is 18.3 Å². The van der Waals surface area contributed by atoms with Gasteiger partial charge in [-0.2, -0.15) is 0 Å². The molecular formula is C21H20N2O3S. The van der Waals surface area contributed by atoms with Gasteiger partial charge < -0.3 is 4.74 Å². The van der Waals surface area contributed by atoms with Gasteiger partial charge in [0.25, 0.3) is 5.91 Å². The van der Waals surface area contributed by atoms with Crippen LogP contribution in [0.25, 0.3) is 11.3 Å². The standard InChI is InChI=1S/C21H20N2O3S/c1-13-9-11-17(12-10-13)26-15(3)20(25)23-21-22-18(19(27-21)14(2)24)16-7-5-4-6-8-16/h4-12,15H,1-3H3,(H,22,23,25). The molecule has 1 N–H and O–H groups in total. The van der Waals surface area contributed by atoms with E-state index in [1.54, 1.807) is 6.92 Å². The maximum absolute atomic E-state index is 12.5. The normalized spacial score (nSPS) is 11.7. The Labute approximate surface area is 162 Å². The van der Waals surface area contributed by atoms with Gasteiger partial charge in [-0.1, -0.05) is 59.4 Å². The summed E-state index contributed by atoms with van der Waals surface area (Å²) in [6, 6.07) is 16.9. The SMILES string of the molecule is CC(=O)c1sc(NC(=O)C(C)Oc2ccc(C)cc2)nc1-c1ccccc1. The number of aromatic nitrogens is 1. The van der Waals surface area contributed by atoms with E-state index in [-0.39, 0.29) is 11.7 Å². The first-order chi connectivity index (χ1) is 12.9. The number of benzene rings is 2. The van der Waals surface area contributed by atoms with Gasteiger partial charge in [0.2, 0.25) is 0 Å². The van der Waals surface area contributed by atoms with E-state index in [9.17, 15) is 9.59 Å². The maximum Gasteiger partial charge on any atom is 0.266 e. The second-order valence-corrected chi connectivity index (χ2v) is 7.18. The molecule has 0 aliphatic carbocycles. The number of hydrogen-bond acceptors (Lipinski definition) is 5. The Kier molecular flexibility index (Phi) is 5.66. The van der Waals surface area contributed by atoms with Crippen LogP contribution in [0.1, 0.15) is 29.1 Å². The maximum atomic E-state index is 12.5. The number of rotatable bonds is 6. The number of carbonyl (C=O) groups excluding carboxylic acids is 2. The molecule has 0 aliphatic rings. The Morgan fingerprint density at radius 1 is 1.07 bits per heavy atom. The first kappa shape index (κ1) is 18.8. The van der Waals surface area contributed by atoms with Crippen molar-refractivity contribution in [1.29, 1.82) is 0 Å². The summed E-state index contributed by atoms with van der Waals surface area (Å²) >= 11 is 1.17. The van der Waals surface area contributed by atoms with E-state index in [1.807, 2.05) is 61.5 Å². The molecule has 0 radical (unpaired) electrons. The van der Waals surface area contributed by atoms with E-state index in [0.717, 1.165) is 11.1 Å². The lowest BCUT2D eigenvalue weighted by Gasteiger charge is -2.13. The minimum atomic E-state index is -0.697. The summed E-state index contributed by atoms with van der Waals surface area (Å²) in [5, 5.41) is 3.13. The summed E-state index contributed by atoms with van der Waals surface area (Å²) in [6.45, 7) is 5.15. The molecular weight excluding hydrogens is 360 g/mol. The Morgan fingerprint density at radius 3 is 2.37 bits per heavy atom. The van der Waals surface area contributed by atoms with Crippen molar-refractivity contribution in [2.75, 3.05) is 5.32 Å². The lowest BCUT2D eigenvalue weighted by Crippen LogP contribution is -2.30. The number of ether oxygens (including phenoxy) is 1. The largest absolute Gasteiger partial charge is 0.481 e. The number of Topliss-reactive ketones (excluding diaryl/α,β-unsaturated/α-hetero) is 1. The van der Waals surface area contributed by atoms with Gasteiger partial charge in [-0.3, -0.25) is 14.9 Å². The van der Waals surface area contributed by atoms with Gasteiger partial charge in [0.15, 0.2) is 17.0 Å². The van der Waals surface area contributed by atoms with Crippen molar-refractivity contribution in [3.8, 4) is 17.0 Å². The van der Waals surface area contributed by atoms with Crippen LogP contribution in [0.2, 0.25) is 0 Å². The molecule has 0 spiro atoms. The fourth-order valence-electron chi connectivity index (χ4n) is 2.49. The zero-order chi connectivity index (χ0) is 19.4. The van der Waals surface area contributed by atoms with Crippen LogP contribution < -0.4 is 10.1 Å². The van der Waals surface area contributed by atoms with Crippen molar-refractivity contribution >= 4 is 28.2 Å². The lowest BCUT2D eigenvalue weighted by atomic mass is 10.1. The van der Waals surface area contributed by atoms with Crippen molar-refractivity contribution in [2.45, 2.75) is 26.9 Å². The second kappa shape index (κ2) is 8.14. The summed E-state index contributed by atoms with van der Waals surface area (Å²) in [7, 11) is 0. The van der Waals surface area contributed by atoms with E-state index < -0.39 is 6.10 Å². The van der Waals surface area contributed by atoms with Gasteiger partial charge in [0.1, 0.15) is 5.75 Å². The van der Waals surface area contributed by atoms with Gasteiger partial charge >= 0.3 is 0 Å². The van der Waals surface area contributed by atoms with Gasteiger partial charge in [-0.15, -0.1) is 0 Å². The molecule has 0 aliphatic heterocycles. The number of hydrogen-bond donors (Lipinski definition) is 1. The highest BCUT2D eigenvalue weighted by Gasteiger charge is 2.20. The Balaban J connectivity index is 1.75. The number of ketones is 1. The first-order valence-electron chi connectivity index (χ1n) is 8.55. The summed E-state index contributed by atoms with van der Waals surface area (Å²) in [5.41, 5.74) is 2.53. The first-order valence-corrected chi connectivity index (χ1v) is 9.37. The molecule has 27 heavy (non-hydrogen) atoms. The average Bonchev–Trinajstić information content (AvgIpc) is 3.08. The predicted octanol–water partition coefficient (Wildman–Crippen LogP) is 4.73. The molecule has 138 valence electrons. The Morgan fingerprint density at radius 2 is 1.74 bits per heavy atom. The summed E-state index contributed by atoms with van der Waals surface area (Å²) in [6.07, 6.45) is -0.697. The second-order valence-electron chi connectivity index (χ2n) is 6.18. The zero-order valence-electron chi connectivity index (χ0n) is 15.4. The highest BCUT2D eigenvalue weighted by Crippen LogP contribution is 2.31. The zero-order valence-corrected chi connectivity index (χ0v) is 16.2. The van der Waals surface area contributed by atoms with Crippen LogP contribution in [0.4, 0.5) is 5.13 Å². The Bertz CT molecular complexity index is 949. The summed E-state index contributed by atoms with van der Waals surface area (Å²) < 4.78 is 5.67. The monoisotopic (exact) mass is 380 g/mol. The number of nitrogens with one attached hydrogen (secondary N) is 1. The van der Waals surface area contributed by atoms with Crippen molar-refractivity contribution in [3.05, 3.63) is 65.0 Å². The van der Waals surface area contributed by atoms with Crippen LogP contribution in [-0.4, -0.2) is 22.8 Å². The third-order valence-corrected chi connectivity index (χ3v) is 5.00. The molecule has 3 aromatic rings. The van der Waals surface area contributed by atoms with Crippen LogP contribution >= 0.6 is 11.3 Å². The van der Waals surface area contributed by atoms with Gasteiger partial charge in [0, 0.05) is 12.5 Å². The number of thiazole rings is 1. The fourth-order valence-corrected chi connectivity index (χ4v) is 3.37. The molecule has 1 amide bonds. The predicted molar refractivity (Wildman–Crippen MR) is 107 cm³/mol. The molecule has 0 saturated heterocycles. The minimum Gasteiger partial charge on any atom is -0.481 e. The molecule has 1 aromatic heterocycles. The van der Waals surface area contributed by atoms with Crippen molar-refractivity contribution < 1.29 is 14.3 Å². The van der Waals surface area contributed by atoms with Crippen LogP contribution in [0.15, 0.2) is 54.6 Å². The summed E-state index contributed by atoms with van der Waals surface area (Å²) in [5.74, 6) is 0.214. The van der Waals surface area contributed by atoms with Crippen molar-refractivity contribution in [2.24, 2.45) is 0 Å². The average molecular weight is 380 g/mol. The molecule has 1 unspecified atom stereocenters. The molecule has 6 heteroatoms. The van der Waals surface area contributed by atoms with E-state index >= 15 is 0 Å².